The molecule has 0 unspecified atom stereocenters. The number of hydrogen-bond donors (Lipinski definition) is 0. The van der Waals surface area contributed by atoms with E-state index in [-0.39, 0.29) is 0 Å². The molecule has 2 fully saturated rings. The molecule has 4 rings (SSSR count). The zero-order chi connectivity index (χ0) is 10.6. The molecule has 0 amide bonds. The quantitative estimate of drug-likeness (QED) is 0.513. The molecule has 0 heterocycles. The fraction of sp³-hybridized carbons (Fsp3) is 0.867. The minimum absolute atomic E-state index is 0.562. The highest BCUT2D eigenvalue weighted by molar-refractivity contribution is 5.20. The standard InChI is InChI=1S/C15H24/c1-10-4-5-14-13(10)8-12-6-7-15(14,3)9-11(12)2/h9-10,12-14H,4-8H2,1-3H3/t10-,12+,13-,14-,15+/m1/s1. The van der Waals surface area contributed by atoms with Crippen LogP contribution in [0.2, 0.25) is 0 Å². The van der Waals surface area contributed by atoms with Gasteiger partial charge in [-0.3, -0.25) is 0 Å². The first-order chi connectivity index (χ1) is 7.10. The van der Waals surface area contributed by atoms with E-state index in [1.165, 1.54) is 32.1 Å². The Kier molecular flexibility index (Phi) is 2.06. The second-order valence-electron chi connectivity index (χ2n) is 6.69. The van der Waals surface area contributed by atoms with Gasteiger partial charge in [-0.05, 0) is 61.7 Å². The lowest BCUT2D eigenvalue weighted by Gasteiger charge is -2.36. The van der Waals surface area contributed by atoms with Crippen molar-refractivity contribution in [2.45, 2.75) is 52.9 Å². The second kappa shape index (κ2) is 3.12. The Labute approximate surface area is 94.1 Å². The van der Waals surface area contributed by atoms with Crippen LogP contribution < -0.4 is 0 Å². The lowest BCUT2D eigenvalue weighted by molar-refractivity contribution is 0.185. The molecule has 0 aromatic heterocycles. The summed E-state index contributed by atoms with van der Waals surface area (Å²) >= 11 is 0. The molecule has 0 radical (unpaired) electrons. The van der Waals surface area contributed by atoms with E-state index in [0.29, 0.717) is 5.41 Å². The summed E-state index contributed by atoms with van der Waals surface area (Å²) in [5, 5.41) is 0. The Hall–Kier alpha value is -0.260. The van der Waals surface area contributed by atoms with Crippen molar-refractivity contribution in [2.75, 3.05) is 0 Å². The van der Waals surface area contributed by atoms with E-state index < -0.39 is 0 Å². The topological polar surface area (TPSA) is 0 Å². The second-order valence-corrected chi connectivity index (χ2v) is 6.69. The molecule has 0 aromatic carbocycles. The highest BCUT2D eigenvalue weighted by atomic mass is 14.5. The average molecular weight is 204 g/mol. The van der Waals surface area contributed by atoms with E-state index in [2.05, 4.69) is 26.8 Å². The van der Waals surface area contributed by atoms with Crippen LogP contribution in [0.5, 0.6) is 0 Å². The van der Waals surface area contributed by atoms with Gasteiger partial charge >= 0.3 is 0 Å². The van der Waals surface area contributed by atoms with Crippen molar-refractivity contribution in [2.24, 2.45) is 29.1 Å². The molecule has 2 saturated carbocycles. The fourth-order valence-electron chi connectivity index (χ4n) is 4.83. The SMILES string of the molecule is CC1=C[C@]2(C)CC[C@H]1C[C@@H]1[C@H](C)CC[C@H]12. The molecule has 2 bridgehead atoms. The first-order valence-corrected chi connectivity index (χ1v) is 6.79. The molecule has 0 nitrogen and oxygen atoms in total. The first kappa shape index (κ1) is 9.93. The van der Waals surface area contributed by atoms with E-state index in [1.54, 1.807) is 5.57 Å². The molecule has 15 heavy (non-hydrogen) atoms. The minimum atomic E-state index is 0.562. The van der Waals surface area contributed by atoms with Crippen LogP contribution in [0.3, 0.4) is 0 Å². The molecule has 4 aliphatic carbocycles. The van der Waals surface area contributed by atoms with E-state index in [9.17, 15) is 0 Å². The predicted molar refractivity (Wildman–Crippen MR) is 64.6 cm³/mol. The molecule has 84 valence electrons. The van der Waals surface area contributed by atoms with Gasteiger partial charge in [0, 0.05) is 0 Å². The number of rotatable bonds is 0. The normalized spacial score (nSPS) is 53.7. The fourth-order valence-corrected chi connectivity index (χ4v) is 4.83. The van der Waals surface area contributed by atoms with E-state index in [1.807, 2.05) is 0 Å². The van der Waals surface area contributed by atoms with Gasteiger partial charge < -0.3 is 0 Å². The maximum atomic E-state index is 2.66. The summed E-state index contributed by atoms with van der Waals surface area (Å²) in [6, 6.07) is 0. The number of allylic oxidation sites excluding steroid dienone is 2. The third-order valence-corrected chi connectivity index (χ3v) is 5.82. The third kappa shape index (κ3) is 1.33. The average Bonchev–Trinajstić information content (AvgIpc) is 2.41. The van der Waals surface area contributed by atoms with Crippen molar-refractivity contribution in [3.8, 4) is 0 Å². The summed E-state index contributed by atoms with van der Waals surface area (Å²) in [6.45, 7) is 7.41. The maximum absolute atomic E-state index is 2.66. The maximum Gasteiger partial charge on any atom is -0.0113 e. The smallest absolute Gasteiger partial charge is 0.0113 e. The molecular formula is C15H24. The van der Waals surface area contributed by atoms with Crippen LogP contribution in [0, 0.1) is 29.1 Å². The Balaban J connectivity index is 2.02. The molecule has 0 aliphatic heterocycles. The number of fused-ring (bicyclic) bond motifs is 1. The van der Waals surface area contributed by atoms with Gasteiger partial charge in [-0.15, -0.1) is 0 Å². The summed E-state index contributed by atoms with van der Waals surface area (Å²) < 4.78 is 0. The van der Waals surface area contributed by atoms with Gasteiger partial charge in [0.15, 0.2) is 0 Å². The number of hydrogen-bond acceptors (Lipinski definition) is 0. The molecule has 0 spiro atoms. The Morgan fingerprint density at radius 3 is 2.80 bits per heavy atom. The Morgan fingerprint density at radius 1 is 1.27 bits per heavy atom. The van der Waals surface area contributed by atoms with Gasteiger partial charge in [0.1, 0.15) is 0 Å². The van der Waals surface area contributed by atoms with Crippen LogP contribution in [0.4, 0.5) is 0 Å². The van der Waals surface area contributed by atoms with Gasteiger partial charge in [0.05, 0.1) is 0 Å². The zero-order valence-electron chi connectivity index (χ0n) is 10.4. The highest BCUT2D eigenvalue weighted by Crippen LogP contribution is 2.58. The third-order valence-electron chi connectivity index (χ3n) is 5.82. The Bertz CT molecular complexity index is 301. The summed E-state index contributed by atoms with van der Waals surface area (Å²) in [4.78, 5) is 0. The van der Waals surface area contributed by atoms with Gasteiger partial charge in [-0.25, -0.2) is 0 Å². The van der Waals surface area contributed by atoms with Crippen molar-refractivity contribution in [3.05, 3.63) is 11.6 Å². The van der Waals surface area contributed by atoms with E-state index >= 15 is 0 Å². The van der Waals surface area contributed by atoms with Crippen LogP contribution in [0.15, 0.2) is 11.6 Å². The zero-order valence-corrected chi connectivity index (χ0v) is 10.4. The van der Waals surface area contributed by atoms with Crippen LogP contribution in [0.25, 0.3) is 0 Å². The lowest BCUT2D eigenvalue weighted by Crippen LogP contribution is -2.28. The first-order valence-electron chi connectivity index (χ1n) is 6.79. The summed E-state index contributed by atoms with van der Waals surface area (Å²) in [5.74, 6) is 3.98. The Morgan fingerprint density at radius 2 is 2.07 bits per heavy atom. The predicted octanol–water partition coefficient (Wildman–Crippen LogP) is 4.42. The van der Waals surface area contributed by atoms with Gasteiger partial charge in [-0.1, -0.05) is 31.9 Å². The van der Waals surface area contributed by atoms with Crippen molar-refractivity contribution in [1.82, 2.24) is 0 Å². The van der Waals surface area contributed by atoms with Gasteiger partial charge in [-0.2, -0.15) is 0 Å². The largest absolute Gasteiger partial charge is 0.0791 e. The van der Waals surface area contributed by atoms with Crippen molar-refractivity contribution < 1.29 is 0 Å². The molecule has 0 heteroatoms. The molecular weight excluding hydrogens is 180 g/mol. The molecule has 0 N–H and O–H groups in total. The molecule has 4 aliphatic rings. The highest BCUT2D eigenvalue weighted by Gasteiger charge is 2.48. The van der Waals surface area contributed by atoms with Crippen LogP contribution in [-0.4, -0.2) is 0 Å². The molecule has 5 atom stereocenters. The van der Waals surface area contributed by atoms with Crippen LogP contribution >= 0.6 is 0 Å². The summed E-state index contributed by atoms with van der Waals surface area (Å²) in [6.07, 6.45) is 10.1. The van der Waals surface area contributed by atoms with Gasteiger partial charge in [0.2, 0.25) is 0 Å². The van der Waals surface area contributed by atoms with Gasteiger partial charge in [0.25, 0.3) is 0 Å². The lowest BCUT2D eigenvalue weighted by atomic mass is 9.68. The van der Waals surface area contributed by atoms with E-state index in [0.717, 1.165) is 23.7 Å². The van der Waals surface area contributed by atoms with E-state index in [4.69, 9.17) is 0 Å². The van der Waals surface area contributed by atoms with Crippen molar-refractivity contribution in [1.29, 1.82) is 0 Å². The summed E-state index contributed by atoms with van der Waals surface area (Å²) in [7, 11) is 0. The van der Waals surface area contributed by atoms with Crippen LogP contribution in [0.1, 0.15) is 52.9 Å². The minimum Gasteiger partial charge on any atom is -0.0791 e. The van der Waals surface area contributed by atoms with Crippen molar-refractivity contribution >= 4 is 0 Å². The monoisotopic (exact) mass is 204 g/mol. The molecule has 0 aromatic rings. The summed E-state index contributed by atoms with van der Waals surface area (Å²) in [5.41, 5.74) is 2.28. The van der Waals surface area contributed by atoms with Crippen LogP contribution in [-0.2, 0) is 0 Å². The molecule has 0 saturated heterocycles. The van der Waals surface area contributed by atoms with Crippen molar-refractivity contribution in [3.63, 3.8) is 0 Å².